The van der Waals surface area contributed by atoms with Crippen LogP contribution < -0.4 is 16.0 Å². The van der Waals surface area contributed by atoms with Gasteiger partial charge in [-0.25, -0.2) is 0 Å². The molecule has 0 atom stereocenters. The minimum absolute atomic E-state index is 0.0432. The summed E-state index contributed by atoms with van der Waals surface area (Å²) in [5.74, 6) is -0.245. The summed E-state index contributed by atoms with van der Waals surface area (Å²) in [6.07, 6.45) is 0. The molecule has 1 amide bonds. The second kappa shape index (κ2) is 5.80. The van der Waals surface area contributed by atoms with E-state index in [0.717, 1.165) is 24.5 Å². The number of aromatic nitrogens is 3. The topological polar surface area (TPSA) is 109 Å². The van der Waals surface area contributed by atoms with Gasteiger partial charge in [0, 0.05) is 13.1 Å². The first-order valence-electron chi connectivity index (χ1n) is 6.65. The molecule has 2 heterocycles. The molecule has 1 aromatic carbocycles. The predicted octanol–water partition coefficient (Wildman–Crippen LogP) is 0.476. The van der Waals surface area contributed by atoms with Gasteiger partial charge in [0.2, 0.25) is 11.8 Å². The highest BCUT2D eigenvalue weighted by Crippen LogP contribution is 2.26. The van der Waals surface area contributed by atoms with Crippen molar-refractivity contribution in [2.75, 3.05) is 42.3 Å². The summed E-state index contributed by atoms with van der Waals surface area (Å²) < 4.78 is 5.35. The normalized spacial score (nSPS) is 15.0. The highest BCUT2D eigenvalue weighted by atomic mass is 16.5. The van der Waals surface area contributed by atoms with Crippen molar-refractivity contribution in [1.29, 1.82) is 0 Å². The van der Waals surface area contributed by atoms with Crippen LogP contribution in [0.25, 0.3) is 0 Å². The van der Waals surface area contributed by atoms with Gasteiger partial charge in [-0.15, -0.1) is 5.10 Å². The lowest BCUT2D eigenvalue weighted by atomic mass is 10.2. The molecule has 0 bridgehead atoms. The van der Waals surface area contributed by atoms with Crippen LogP contribution in [0.4, 0.5) is 17.3 Å². The first-order valence-corrected chi connectivity index (χ1v) is 6.65. The molecule has 1 aliphatic rings. The summed E-state index contributed by atoms with van der Waals surface area (Å²) in [4.78, 5) is 18.1. The molecule has 1 saturated heterocycles. The van der Waals surface area contributed by atoms with Crippen LogP contribution in [0.5, 0.6) is 0 Å². The zero-order valence-electron chi connectivity index (χ0n) is 11.4. The van der Waals surface area contributed by atoms with E-state index in [1.54, 1.807) is 0 Å². The Morgan fingerprint density at radius 2 is 2.10 bits per heavy atom. The van der Waals surface area contributed by atoms with Gasteiger partial charge in [0.15, 0.2) is 0 Å². The minimum atomic E-state index is -0.375. The lowest BCUT2D eigenvalue weighted by molar-refractivity contribution is 0.101. The number of carbonyl (C=O) groups is 1. The summed E-state index contributed by atoms with van der Waals surface area (Å²) in [5.41, 5.74) is 7.08. The summed E-state index contributed by atoms with van der Waals surface area (Å²) in [7, 11) is 0. The summed E-state index contributed by atoms with van der Waals surface area (Å²) >= 11 is 0. The number of hydrogen-bond donors (Lipinski definition) is 3. The molecule has 8 nitrogen and oxygen atoms in total. The van der Waals surface area contributed by atoms with E-state index in [2.05, 4.69) is 25.4 Å². The molecular formula is C13H16N6O2. The van der Waals surface area contributed by atoms with E-state index in [0.29, 0.717) is 13.2 Å². The predicted molar refractivity (Wildman–Crippen MR) is 78.2 cm³/mol. The number of H-pyrrole nitrogens is 1. The third-order valence-electron chi connectivity index (χ3n) is 3.22. The molecule has 110 valence electrons. The Morgan fingerprint density at radius 1 is 1.33 bits per heavy atom. The maximum absolute atomic E-state index is 12.1. The maximum Gasteiger partial charge on any atom is 0.293 e. The monoisotopic (exact) mass is 288 g/mol. The summed E-state index contributed by atoms with van der Waals surface area (Å²) in [6.45, 7) is 2.95. The van der Waals surface area contributed by atoms with Crippen LogP contribution in [0, 0.1) is 0 Å². The summed E-state index contributed by atoms with van der Waals surface area (Å²) in [5, 5.41) is 8.96. The second-order valence-electron chi connectivity index (χ2n) is 4.61. The van der Waals surface area contributed by atoms with Crippen LogP contribution in [0.2, 0.25) is 0 Å². The molecular weight excluding hydrogens is 272 g/mol. The third kappa shape index (κ3) is 2.95. The number of anilines is 3. The first kappa shape index (κ1) is 13.4. The number of carbonyl (C=O) groups excluding carboxylic acids is 1. The number of nitrogens with one attached hydrogen (secondary N) is 2. The fraction of sp³-hybridized carbons (Fsp3) is 0.308. The van der Waals surface area contributed by atoms with Gasteiger partial charge in [0.25, 0.3) is 5.91 Å². The van der Waals surface area contributed by atoms with E-state index in [9.17, 15) is 4.79 Å². The van der Waals surface area contributed by atoms with Gasteiger partial charge in [0.05, 0.1) is 24.6 Å². The molecule has 0 radical (unpaired) electrons. The number of aromatic amines is 1. The lowest BCUT2D eigenvalue weighted by Gasteiger charge is -2.30. The number of nitrogens with zero attached hydrogens (tertiary/aromatic N) is 3. The van der Waals surface area contributed by atoms with Crippen LogP contribution >= 0.6 is 0 Å². The van der Waals surface area contributed by atoms with Crippen molar-refractivity contribution in [3.05, 3.63) is 30.1 Å². The highest BCUT2D eigenvalue weighted by Gasteiger charge is 2.17. The van der Waals surface area contributed by atoms with Crippen molar-refractivity contribution < 1.29 is 9.53 Å². The van der Waals surface area contributed by atoms with E-state index in [4.69, 9.17) is 10.5 Å². The van der Waals surface area contributed by atoms with E-state index >= 15 is 0 Å². The van der Waals surface area contributed by atoms with Gasteiger partial charge >= 0.3 is 0 Å². The number of ether oxygens (including phenoxy) is 1. The third-order valence-corrected chi connectivity index (χ3v) is 3.22. The maximum atomic E-state index is 12.1. The SMILES string of the molecule is Nc1n[nH]c(C(=O)Nc2ccccc2N2CCOCC2)n1. The number of para-hydroxylation sites is 2. The molecule has 1 fully saturated rings. The highest BCUT2D eigenvalue weighted by molar-refractivity contribution is 6.03. The fourth-order valence-electron chi connectivity index (χ4n) is 2.22. The Kier molecular flexibility index (Phi) is 3.69. The molecule has 1 aromatic heterocycles. The van der Waals surface area contributed by atoms with Gasteiger partial charge < -0.3 is 20.7 Å². The molecule has 1 aliphatic heterocycles. The van der Waals surface area contributed by atoms with E-state index in [1.165, 1.54) is 0 Å². The van der Waals surface area contributed by atoms with Crippen molar-refractivity contribution in [1.82, 2.24) is 15.2 Å². The van der Waals surface area contributed by atoms with Crippen LogP contribution in [0.15, 0.2) is 24.3 Å². The number of nitrogen functional groups attached to an aromatic ring is 1. The summed E-state index contributed by atoms with van der Waals surface area (Å²) in [6, 6.07) is 7.62. The van der Waals surface area contributed by atoms with Crippen molar-refractivity contribution in [3.8, 4) is 0 Å². The van der Waals surface area contributed by atoms with Crippen molar-refractivity contribution in [2.24, 2.45) is 0 Å². The number of nitrogens with two attached hydrogens (primary N) is 1. The zero-order chi connectivity index (χ0) is 14.7. The van der Waals surface area contributed by atoms with Crippen molar-refractivity contribution >= 4 is 23.2 Å². The molecule has 8 heteroatoms. The van der Waals surface area contributed by atoms with Crippen molar-refractivity contribution in [3.63, 3.8) is 0 Å². The molecule has 0 saturated carbocycles. The fourth-order valence-corrected chi connectivity index (χ4v) is 2.22. The van der Waals surface area contributed by atoms with Crippen molar-refractivity contribution in [2.45, 2.75) is 0 Å². The van der Waals surface area contributed by atoms with E-state index in [-0.39, 0.29) is 17.7 Å². The number of hydrogen-bond acceptors (Lipinski definition) is 6. The average molecular weight is 288 g/mol. The van der Waals surface area contributed by atoms with Crippen LogP contribution in [0.3, 0.4) is 0 Å². The molecule has 3 rings (SSSR count). The smallest absolute Gasteiger partial charge is 0.293 e. The molecule has 0 aliphatic carbocycles. The van der Waals surface area contributed by atoms with Gasteiger partial charge in [-0.3, -0.25) is 9.89 Å². The quantitative estimate of drug-likeness (QED) is 0.757. The van der Waals surface area contributed by atoms with Crippen LogP contribution in [-0.4, -0.2) is 47.4 Å². The average Bonchev–Trinajstić information content (AvgIpc) is 2.95. The zero-order valence-corrected chi connectivity index (χ0v) is 11.4. The first-order chi connectivity index (χ1) is 10.2. The van der Waals surface area contributed by atoms with Gasteiger partial charge in [-0.05, 0) is 12.1 Å². The molecule has 0 spiro atoms. The molecule has 4 N–H and O–H groups in total. The van der Waals surface area contributed by atoms with Gasteiger partial charge in [0.1, 0.15) is 0 Å². The van der Waals surface area contributed by atoms with Gasteiger partial charge in [-0.1, -0.05) is 12.1 Å². The number of amides is 1. The van der Waals surface area contributed by atoms with Crippen LogP contribution in [0.1, 0.15) is 10.6 Å². The van der Waals surface area contributed by atoms with E-state index in [1.807, 2.05) is 24.3 Å². The standard InChI is InChI=1S/C13H16N6O2/c14-13-16-11(17-18-13)12(20)15-9-3-1-2-4-10(9)19-5-7-21-8-6-19/h1-4H,5-8H2,(H,15,20)(H3,14,16,17,18). The molecule has 2 aromatic rings. The Balaban J connectivity index is 1.80. The Bertz CT molecular complexity index is 635. The Labute approximate surface area is 121 Å². The van der Waals surface area contributed by atoms with Gasteiger partial charge in [-0.2, -0.15) is 4.98 Å². The van der Waals surface area contributed by atoms with Crippen LogP contribution in [-0.2, 0) is 4.74 Å². The minimum Gasteiger partial charge on any atom is -0.378 e. The molecule has 0 unspecified atom stereocenters. The molecule has 21 heavy (non-hydrogen) atoms. The van der Waals surface area contributed by atoms with E-state index < -0.39 is 0 Å². The Hall–Kier alpha value is -2.61. The second-order valence-corrected chi connectivity index (χ2v) is 4.61. The number of rotatable bonds is 3. The largest absolute Gasteiger partial charge is 0.378 e. The Morgan fingerprint density at radius 3 is 2.81 bits per heavy atom. The lowest BCUT2D eigenvalue weighted by Crippen LogP contribution is -2.36. The number of benzene rings is 1. The number of morpholine rings is 1.